The maximum atomic E-state index is 4.18. The van der Waals surface area contributed by atoms with Crippen LogP contribution in [0.25, 0.3) is 0 Å². The Labute approximate surface area is 128 Å². The van der Waals surface area contributed by atoms with Crippen LogP contribution < -0.4 is 10.6 Å². The van der Waals surface area contributed by atoms with Gasteiger partial charge in [0.1, 0.15) is 24.3 Å². The van der Waals surface area contributed by atoms with Crippen molar-refractivity contribution < 1.29 is 0 Å². The molecule has 0 bridgehead atoms. The van der Waals surface area contributed by atoms with Gasteiger partial charge in [-0.15, -0.1) is 0 Å². The fraction of sp³-hybridized carbons (Fsp3) is 0.125. The maximum absolute atomic E-state index is 4.18. The summed E-state index contributed by atoms with van der Waals surface area (Å²) in [7, 11) is 0. The number of rotatable bonds is 4. The smallest absolute Gasteiger partial charge is 0.133 e. The first-order chi connectivity index (χ1) is 10.7. The van der Waals surface area contributed by atoms with Crippen LogP contribution in [-0.2, 0) is 0 Å². The van der Waals surface area contributed by atoms with E-state index >= 15 is 0 Å². The molecule has 0 fully saturated rings. The van der Waals surface area contributed by atoms with Crippen molar-refractivity contribution in [3.63, 3.8) is 0 Å². The molecule has 0 aliphatic rings. The van der Waals surface area contributed by atoms with Gasteiger partial charge in [-0.25, -0.2) is 19.9 Å². The van der Waals surface area contributed by atoms with Crippen LogP contribution in [0, 0.1) is 13.8 Å². The van der Waals surface area contributed by atoms with Crippen molar-refractivity contribution in [3.05, 3.63) is 60.4 Å². The van der Waals surface area contributed by atoms with Gasteiger partial charge in [-0.1, -0.05) is 0 Å². The Morgan fingerprint density at radius 1 is 0.636 bits per heavy atom. The van der Waals surface area contributed by atoms with Crippen molar-refractivity contribution in [2.45, 2.75) is 13.8 Å². The molecule has 3 aromatic rings. The molecule has 110 valence electrons. The van der Waals surface area contributed by atoms with Crippen LogP contribution in [0.1, 0.15) is 11.4 Å². The van der Waals surface area contributed by atoms with Crippen LogP contribution in [-0.4, -0.2) is 19.9 Å². The quantitative estimate of drug-likeness (QED) is 0.768. The summed E-state index contributed by atoms with van der Waals surface area (Å²) in [6.07, 6.45) is 3.09. The molecule has 0 spiro atoms. The third-order valence-corrected chi connectivity index (χ3v) is 3.04. The minimum atomic E-state index is 0.777. The standard InChI is InChI=1S/C16H16N6/c1-11-7-15(19-9-17-11)21-13-3-5-14(6-4-13)22-16-8-12(2)18-10-20-16/h3-10H,1-2H3,(H,17,19,21)(H,18,20,22). The second-order valence-corrected chi connectivity index (χ2v) is 4.92. The van der Waals surface area contributed by atoms with E-state index in [1.54, 1.807) is 12.7 Å². The highest BCUT2D eigenvalue weighted by Crippen LogP contribution is 2.20. The van der Waals surface area contributed by atoms with Crippen LogP contribution in [0.5, 0.6) is 0 Å². The first kappa shape index (κ1) is 13.9. The summed E-state index contributed by atoms with van der Waals surface area (Å²) in [5.74, 6) is 1.55. The number of nitrogens with zero attached hydrogens (tertiary/aromatic N) is 4. The van der Waals surface area contributed by atoms with E-state index in [0.29, 0.717) is 0 Å². The fourth-order valence-electron chi connectivity index (χ4n) is 1.98. The third-order valence-electron chi connectivity index (χ3n) is 3.04. The lowest BCUT2D eigenvalue weighted by atomic mass is 10.2. The molecule has 0 aliphatic carbocycles. The fourth-order valence-corrected chi connectivity index (χ4v) is 1.98. The van der Waals surface area contributed by atoms with Gasteiger partial charge in [0.15, 0.2) is 0 Å². The van der Waals surface area contributed by atoms with Crippen LogP contribution >= 0.6 is 0 Å². The van der Waals surface area contributed by atoms with Gasteiger partial charge in [0.05, 0.1) is 0 Å². The maximum Gasteiger partial charge on any atom is 0.133 e. The molecule has 0 amide bonds. The Balaban J connectivity index is 1.70. The van der Waals surface area contributed by atoms with Gasteiger partial charge in [-0.05, 0) is 38.1 Å². The molecule has 0 radical (unpaired) electrons. The number of benzene rings is 1. The zero-order chi connectivity index (χ0) is 15.4. The van der Waals surface area contributed by atoms with Gasteiger partial charge in [0.25, 0.3) is 0 Å². The lowest BCUT2D eigenvalue weighted by Gasteiger charge is -2.08. The third kappa shape index (κ3) is 3.54. The molecular weight excluding hydrogens is 276 g/mol. The molecule has 2 aromatic heterocycles. The summed E-state index contributed by atoms with van der Waals surface area (Å²) in [6, 6.07) is 11.7. The summed E-state index contributed by atoms with van der Waals surface area (Å²) in [5, 5.41) is 6.48. The van der Waals surface area contributed by atoms with Gasteiger partial charge in [0, 0.05) is 34.9 Å². The molecule has 6 heteroatoms. The second kappa shape index (κ2) is 6.17. The first-order valence-electron chi connectivity index (χ1n) is 6.90. The normalized spacial score (nSPS) is 10.3. The largest absolute Gasteiger partial charge is 0.340 e. The summed E-state index contributed by atoms with van der Waals surface area (Å²) in [5.41, 5.74) is 3.77. The van der Waals surface area contributed by atoms with Crippen molar-refractivity contribution >= 4 is 23.0 Å². The zero-order valence-corrected chi connectivity index (χ0v) is 12.4. The number of hydrogen-bond donors (Lipinski definition) is 2. The van der Waals surface area contributed by atoms with Crippen LogP contribution in [0.4, 0.5) is 23.0 Å². The SMILES string of the molecule is Cc1cc(Nc2ccc(Nc3cc(C)ncn3)cc2)ncn1. The molecule has 2 N–H and O–H groups in total. The van der Waals surface area contributed by atoms with Crippen LogP contribution in [0.15, 0.2) is 49.1 Å². The lowest BCUT2D eigenvalue weighted by molar-refractivity contribution is 1.10. The molecule has 0 aliphatic heterocycles. The second-order valence-electron chi connectivity index (χ2n) is 4.92. The van der Waals surface area contributed by atoms with E-state index < -0.39 is 0 Å². The van der Waals surface area contributed by atoms with Crippen molar-refractivity contribution in [1.82, 2.24) is 19.9 Å². The van der Waals surface area contributed by atoms with Crippen molar-refractivity contribution in [2.24, 2.45) is 0 Å². The molecule has 2 heterocycles. The summed E-state index contributed by atoms with van der Waals surface area (Å²) >= 11 is 0. The number of anilines is 4. The molecule has 0 saturated heterocycles. The lowest BCUT2D eigenvalue weighted by Crippen LogP contribution is -1.97. The van der Waals surface area contributed by atoms with E-state index in [1.807, 2.05) is 50.2 Å². The van der Waals surface area contributed by atoms with Gasteiger partial charge in [-0.3, -0.25) is 0 Å². The Hall–Kier alpha value is -3.02. The Bertz CT molecular complexity index is 703. The Morgan fingerprint density at radius 3 is 1.41 bits per heavy atom. The number of aryl methyl sites for hydroxylation is 2. The summed E-state index contributed by atoms with van der Waals surface area (Å²) in [6.45, 7) is 3.87. The number of aromatic nitrogens is 4. The molecule has 0 unspecified atom stereocenters. The summed E-state index contributed by atoms with van der Waals surface area (Å²) < 4.78 is 0. The molecule has 0 saturated carbocycles. The van der Waals surface area contributed by atoms with Crippen LogP contribution in [0.2, 0.25) is 0 Å². The molecule has 0 atom stereocenters. The van der Waals surface area contributed by atoms with E-state index in [4.69, 9.17) is 0 Å². The van der Waals surface area contributed by atoms with Gasteiger partial charge in [-0.2, -0.15) is 0 Å². The number of hydrogen-bond acceptors (Lipinski definition) is 6. The zero-order valence-electron chi connectivity index (χ0n) is 12.4. The average Bonchev–Trinajstić information content (AvgIpc) is 2.49. The van der Waals surface area contributed by atoms with Crippen molar-refractivity contribution in [2.75, 3.05) is 10.6 Å². The predicted octanol–water partition coefficient (Wildman–Crippen LogP) is 3.37. The number of nitrogens with one attached hydrogen (secondary N) is 2. The highest BCUT2D eigenvalue weighted by molar-refractivity contribution is 5.63. The van der Waals surface area contributed by atoms with Gasteiger partial charge in [0.2, 0.25) is 0 Å². The Kier molecular flexibility index (Phi) is 3.91. The van der Waals surface area contributed by atoms with Gasteiger partial charge >= 0.3 is 0 Å². The van der Waals surface area contributed by atoms with Crippen molar-refractivity contribution in [3.8, 4) is 0 Å². The minimum absolute atomic E-state index is 0.777. The first-order valence-corrected chi connectivity index (χ1v) is 6.90. The monoisotopic (exact) mass is 292 g/mol. The highest BCUT2D eigenvalue weighted by atomic mass is 15.0. The van der Waals surface area contributed by atoms with Gasteiger partial charge < -0.3 is 10.6 Å². The molecular formula is C16H16N6. The average molecular weight is 292 g/mol. The molecule has 6 nitrogen and oxygen atoms in total. The highest BCUT2D eigenvalue weighted by Gasteiger charge is 1.99. The predicted molar refractivity (Wildman–Crippen MR) is 86.5 cm³/mol. The van der Waals surface area contributed by atoms with E-state index in [2.05, 4.69) is 30.6 Å². The van der Waals surface area contributed by atoms with Crippen LogP contribution in [0.3, 0.4) is 0 Å². The minimum Gasteiger partial charge on any atom is -0.340 e. The molecule has 3 rings (SSSR count). The van der Waals surface area contributed by atoms with E-state index in [-0.39, 0.29) is 0 Å². The van der Waals surface area contributed by atoms with E-state index in [1.165, 1.54) is 0 Å². The Morgan fingerprint density at radius 2 is 1.05 bits per heavy atom. The van der Waals surface area contributed by atoms with E-state index in [0.717, 1.165) is 34.4 Å². The topological polar surface area (TPSA) is 75.6 Å². The summed E-state index contributed by atoms with van der Waals surface area (Å²) in [4.78, 5) is 16.5. The molecule has 1 aromatic carbocycles. The van der Waals surface area contributed by atoms with Crippen molar-refractivity contribution in [1.29, 1.82) is 0 Å². The molecule has 22 heavy (non-hydrogen) atoms. The van der Waals surface area contributed by atoms with E-state index in [9.17, 15) is 0 Å².